The van der Waals surface area contributed by atoms with Gasteiger partial charge in [-0.05, 0) is 134 Å². The van der Waals surface area contributed by atoms with Gasteiger partial charge in [-0.15, -0.1) is 0 Å². The molecule has 11 rings (SSSR count). The molecular formula is C55H38. The lowest BCUT2D eigenvalue weighted by Gasteiger charge is -2.23. The molecule has 0 N–H and O–H groups in total. The minimum atomic E-state index is -0.0902. The second kappa shape index (κ2) is 12.1. The maximum Gasteiger partial charge on any atom is 0.0159 e. The highest BCUT2D eigenvalue weighted by atomic mass is 14.4. The van der Waals surface area contributed by atoms with Crippen molar-refractivity contribution in [3.63, 3.8) is 0 Å². The predicted octanol–water partition coefficient (Wildman–Crippen LogP) is 15.3. The Morgan fingerprint density at radius 3 is 1.64 bits per heavy atom. The predicted molar refractivity (Wildman–Crippen MR) is 236 cm³/mol. The Bertz CT molecular complexity index is 3160. The fraction of sp³-hybridized carbons (Fsp3) is 0.0545. The lowest BCUT2D eigenvalue weighted by atomic mass is 9.80. The second-order valence-electron chi connectivity index (χ2n) is 15.7. The van der Waals surface area contributed by atoms with E-state index in [9.17, 15) is 0 Å². The zero-order valence-electron chi connectivity index (χ0n) is 31.0. The van der Waals surface area contributed by atoms with Crippen LogP contribution in [0, 0.1) is 0 Å². The van der Waals surface area contributed by atoms with Gasteiger partial charge in [0.1, 0.15) is 0 Å². The molecule has 0 aromatic heterocycles. The monoisotopic (exact) mass is 698 g/mol. The van der Waals surface area contributed by atoms with Gasteiger partial charge < -0.3 is 0 Å². The molecule has 0 heterocycles. The molecular weight excluding hydrogens is 661 g/mol. The van der Waals surface area contributed by atoms with Crippen LogP contribution in [-0.2, 0) is 5.41 Å². The summed E-state index contributed by atoms with van der Waals surface area (Å²) in [5.41, 5.74) is 15.4. The van der Waals surface area contributed by atoms with E-state index in [-0.39, 0.29) is 5.41 Å². The standard InChI is InChI=1S/C55H38/c1-55(2)51-22-11-10-18-45(51)46-29-28-42(34-52(46)55)54-48-20-9-8-19-47(48)53(41-26-25-38-31-37(23-24-39(38)32-41)35-13-4-3-5-14-35)49-30-27-40(33-50(49)54)44-21-12-16-36-15-6-7-17-43(36)44/h3-34H,1-2H3. The van der Waals surface area contributed by atoms with Gasteiger partial charge in [0.25, 0.3) is 0 Å². The highest BCUT2D eigenvalue weighted by Crippen LogP contribution is 2.52. The molecule has 0 fully saturated rings. The van der Waals surface area contributed by atoms with Gasteiger partial charge in [-0.3, -0.25) is 0 Å². The molecule has 1 aliphatic rings. The first-order chi connectivity index (χ1) is 27.0. The molecule has 0 unspecified atom stereocenters. The minimum absolute atomic E-state index is 0.0902. The van der Waals surface area contributed by atoms with Gasteiger partial charge in [-0.25, -0.2) is 0 Å². The van der Waals surface area contributed by atoms with Gasteiger partial charge in [-0.2, -0.15) is 0 Å². The molecule has 0 radical (unpaired) electrons. The average Bonchev–Trinajstić information content (AvgIpc) is 3.47. The SMILES string of the molecule is CC1(C)c2ccccc2-c2ccc(-c3c4ccccc4c(-c4ccc5cc(-c6ccccc6)ccc5c4)c4ccc(-c5cccc6ccccc56)cc34)cc21. The van der Waals surface area contributed by atoms with Crippen molar-refractivity contribution >= 4 is 43.1 Å². The Morgan fingerprint density at radius 1 is 0.273 bits per heavy atom. The highest BCUT2D eigenvalue weighted by molar-refractivity contribution is 6.22. The van der Waals surface area contributed by atoms with Gasteiger partial charge >= 0.3 is 0 Å². The second-order valence-corrected chi connectivity index (χ2v) is 15.7. The average molecular weight is 699 g/mol. The van der Waals surface area contributed by atoms with Gasteiger partial charge in [0, 0.05) is 5.41 Å². The van der Waals surface area contributed by atoms with Gasteiger partial charge in [-0.1, -0.05) is 184 Å². The summed E-state index contributed by atoms with van der Waals surface area (Å²) >= 11 is 0. The Morgan fingerprint density at radius 2 is 0.818 bits per heavy atom. The maximum absolute atomic E-state index is 2.49. The van der Waals surface area contributed by atoms with E-state index in [4.69, 9.17) is 0 Å². The van der Waals surface area contributed by atoms with Crippen molar-refractivity contribution in [1.82, 2.24) is 0 Å². The zero-order valence-corrected chi connectivity index (χ0v) is 31.0. The molecule has 1 aliphatic carbocycles. The molecule has 55 heavy (non-hydrogen) atoms. The summed E-state index contributed by atoms with van der Waals surface area (Å²) in [6, 6.07) is 72.3. The molecule has 258 valence electrons. The van der Waals surface area contributed by atoms with Crippen LogP contribution in [0.5, 0.6) is 0 Å². The molecule has 0 saturated carbocycles. The molecule has 0 nitrogen and oxygen atoms in total. The molecule has 0 aliphatic heterocycles. The summed E-state index contributed by atoms with van der Waals surface area (Å²) in [7, 11) is 0. The highest BCUT2D eigenvalue weighted by Gasteiger charge is 2.35. The summed E-state index contributed by atoms with van der Waals surface area (Å²) in [4.78, 5) is 0. The number of hydrogen-bond donors (Lipinski definition) is 0. The van der Waals surface area contributed by atoms with Crippen molar-refractivity contribution in [1.29, 1.82) is 0 Å². The fourth-order valence-electron chi connectivity index (χ4n) is 9.52. The summed E-state index contributed by atoms with van der Waals surface area (Å²) < 4.78 is 0. The lowest BCUT2D eigenvalue weighted by Crippen LogP contribution is -2.14. The quantitative estimate of drug-likeness (QED) is 0.161. The molecule has 0 atom stereocenters. The third kappa shape index (κ3) is 4.92. The summed E-state index contributed by atoms with van der Waals surface area (Å²) in [6.07, 6.45) is 0. The van der Waals surface area contributed by atoms with Crippen LogP contribution < -0.4 is 0 Å². The van der Waals surface area contributed by atoms with Crippen molar-refractivity contribution in [2.45, 2.75) is 19.3 Å². The van der Waals surface area contributed by atoms with Crippen LogP contribution in [0.4, 0.5) is 0 Å². The van der Waals surface area contributed by atoms with Gasteiger partial charge in [0.2, 0.25) is 0 Å². The third-order valence-corrected chi connectivity index (χ3v) is 12.2. The zero-order chi connectivity index (χ0) is 36.7. The van der Waals surface area contributed by atoms with Crippen LogP contribution in [0.1, 0.15) is 25.0 Å². The lowest BCUT2D eigenvalue weighted by molar-refractivity contribution is 0.660. The van der Waals surface area contributed by atoms with E-state index in [1.165, 1.54) is 110 Å². The molecule has 10 aromatic rings. The van der Waals surface area contributed by atoms with Crippen LogP contribution in [-0.4, -0.2) is 0 Å². The van der Waals surface area contributed by atoms with Crippen LogP contribution in [0.15, 0.2) is 194 Å². The third-order valence-electron chi connectivity index (χ3n) is 12.2. The van der Waals surface area contributed by atoms with E-state index < -0.39 is 0 Å². The van der Waals surface area contributed by atoms with E-state index in [1.54, 1.807) is 0 Å². The number of fused-ring (bicyclic) bond motifs is 7. The Kier molecular flexibility index (Phi) is 7.00. The van der Waals surface area contributed by atoms with E-state index in [1.807, 2.05) is 0 Å². The van der Waals surface area contributed by atoms with E-state index >= 15 is 0 Å². The van der Waals surface area contributed by atoms with Crippen molar-refractivity contribution in [3.8, 4) is 55.6 Å². The fourth-order valence-corrected chi connectivity index (χ4v) is 9.52. The summed E-state index contributed by atoms with van der Waals surface area (Å²) in [5, 5.41) is 10.1. The Hall–Kier alpha value is -6.76. The molecule has 0 bridgehead atoms. The van der Waals surface area contributed by atoms with E-state index in [0.29, 0.717) is 0 Å². The van der Waals surface area contributed by atoms with E-state index in [2.05, 4.69) is 208 Å². The largest absolute Gasteiger partial charge is 0.0622 e. The Balaban J connectivity index is 1.19. The Labute approximate surface area is 322 Å². The topological polar surface area (TPSA) is 0 Å². The molecule has 0 saturated heterocycles. The van der Waals surface area contributed by atoms with Crippen LogP contribution >= 0.6 is 0 Å². The first-order valence-electron chi connectivity index (χ1n) is 19.3. The molecule has 0 amide bonds. The number of hydrogen-bond acceptors (Lipinski definition) is 0. The first kappa shape index (κ1) is 31.7. The smallest absolute Gasteiger partial charge is 0.0159 e. The molecule has 10 aromatic carbocycles. The minimum Gasteiger partial charge on any atom is -0.0622 e. The summed E-state index contributed by atoms with van der Waals surface area (Å²) in [6.45, 7) is 4.75. The van der Waals surface area contributed by atoms with Crippen molar-refractivity contribution in [3.05, 3.63) is 205 Å². The first-order valence-corrected chi connectivity index (χ1v) is 19.3. The summed E-state index contributed by atoms with van der Waals surface area (Å²) in [5.74, 6) is 0. The molecule has 0 heteroatoms. The number of rotatable bonds is 4. The normalized spacial score (nSPS) is 13.1. The van der Waals surface area contributed by atoms with Crippen LogP contribution in [0.3, 0.4) is 0 Å². The van der Waals surface area contributed by atoms with Crippen LogP contribution in [0.2, 0.25) is 0 Å². The van der Waals surface area contributed by atoms with Crippen molar-refractivity contribution < 1.29 is 0 Å². The van der Waals surface area contributed by atoms with Crippen molar-refractivity contribution in [2.24, 2.45) is 0 Å². The van der Waals surface area contributed by atoms with Crippen molar-refractivity contribution in [2.75, 3.05) is 0 Å². The van der Waals surface area contributed by atoms with Gasteiger partial charge in [0.15, 0.2) is 0 Å². The van der Waals surface area contributed by atoms with Gasteiger partial charge in [0.05, 0.1) is 0 Å². The number of benzene rings is 10. The molecule has 0 spiro atoms. The maximum atomic E-state index is 2.49. The van der Waals surface area contributed by atoms with E-state index in [0.717, 1.165) is 0 Å². The van der Waals surface area contributed by atoms with Crippen LogP contribution in [0.25, 0.3) is 98.7 Å².